The standard InChI is InChI=1S/C3HN4S/c4-1-2-3(8)6-7-5-2/h(H,5,6,7). The first-order chi connectivity index (χ1) is 3.84. The van der Waals surface area contributed by atoms with Crippen LogP contribution < -0.4 is 0 Å². The van der Waals surface area contributed by atoms with Crippen LogP contribution in [0.2, 0.25) is 0 Å². The first-order valence-electron chi connectivity index (χ1n) is 1.82. The van der Waals surface area contributed by atoms with Gasteiger partial charge in [-0.25, -0.2) is 5.10 Å². The Morgan fingerprint density at radius 2 is 2.50 bits per heavy atom. The summed E-state index contributed by atoms with van der Waals surface area (Å²) in [6, 6.07) is 1.79. The molecule has 0 saturated heterocycles. The van der Waals surface area contributed by atoms with Gasteiger partial charge in [0.15, 0.2) is 10.7 Å². The molecular weight excluding hydrogens is 124 g/mol. The first kappa shape index (κ1) is 5.00. The first-order valence-corrected chi connectivity index (χ1v) is 2.23. The van der Waals surface area contributed by atoms with E-state index in [-0.39, 0.29) is 10.7 Å². The second kappa shape index (κ2) is 1.76. The van der Waals surface area contributed by atoms with Crippen molar-refractivity contribution in [1.82, 2.24) is 15.4 Å². The second-order valence-electron chi connectivity index (χ2n) is 1.10. The molecule has 0 aliphatic carbocycles. The fourth-order valence-electron chi connectivity index (χ4n) is 0.291. The lowest BCUT2D eigenvalue weighted by atomic mass is 10.5. The maximum Gasteiger partial charge on any atom is 0.186 e. The van der Waals surface area contributed by atoms with Crippen molar-refractivity contribution in [2.45, 2.75) is 5.03 Å². The van der Waals surface area contributed by atoms with Crippen LogP contribution in [0.25, 0.3) is 0 Å². The monoisotopic (exact) mass is 125 g/mol. The molecule has 1 radical (unpaired) electrons. The third-order valence-electron chi connectivity index (χ3n) is 0.628. The van der Waals surface area contributed by atoms with Gasteiger partial charge in [-0.1, -0.05) is 17.8 Å². The summed E-state index contributed by atoms with van der Waals surface area (Å²) in [7, 11) is 0. The Labute approximate surface area is 50.9 Å². The molecule has 0 saturated carbocycles. The lowest BCUT2D eigenvalue weighted by Crippen LogP contribution is -1.71. The molecule has 0 aliphatic rings. The lowest BCUT2D eigenvalue weighted by molar-refractivity contribution is 0.911. The highest BCUT2D eigenvalue weighted by Crippen LogP contribution is 2.01. The molecule has 0 bridgehead atoms. The van der Waals surface area contributed by atoms with Crippen LogP contribution in [0, 0.1) is 11.3 Å². The van der Waals surface area contributed by atoms with Gasteiger partial charge < -0.3 is 0 Å². The van der Waals surface area contributed by atoms with E-state index in [2.05, 4.69) is 28.0 Å². The van der Waals surface area contributed by atoms with Gasteiger partial charge in [-0.05, 0) is 0 Å². The van der Waals surface area contributed by atoms with Gasteiger partial charge in [-0.2, -0.15) is 5.26 Å². The van der Waals surface area contributed by atoms with Gasteiger partial charge in [-0.3, -0.25) is 0 Å². The highest BCUT2D eigenvalue weighted by atomic mass is 32.1. The average molecular weight is 125 g/mol. The maximum atomic E-state index is 8.18. The second-order valence-corrected chi connectivity index (χ2v) is 1.49. The van der Waals surface area contributed by atoms with Gasteiger partial charge >= 0.3 is 0 Å². The smallest absolute Gasteiger partial charge is 0.186 e. The molecule has 1 N–H and O–H groups in total. The molecule has 1 heterocycles. The summed E-state index contributed by atoms with van der Waals surface area (Å²) < 4.78 is 0. The normalized spacial score (nSPS) is 8.38. The molecule has 39 valence electrons. The summed E-state index contributed by atoms with van der Waals surface area (Å²) in [6.07, 6.45) is 0. The fraction of sp³-hybridized carbons (Fsp3) is 0. The summed E-state index contributed by atoms with van der Waals surface area (Å²) in [5, 5.41) is 17.4. The van der Waals surface area contributed by atoms with Crippen molar-refractivity contribution in [3.8, 4) is 6.07 Å². The Balaban J connectivity index is 3.15. The Morgan fingerprint density at radius 3 is 2.75 bits per heavy atom. The molecule has 4 nitrogen and oxygen atoms in total. The molecular formula is C3HN4S. The summed E-state index contributed by atoms with van der Waals surface area (Å²) >= 11 is 4.56. The summed E-state index contributed by atoms with van der Waals surface area (Å²) in [5.74, 6) is 0. The van der Waals surface area contributed by atoms with Crippen LogP contribution in [0.4, 0.5) is 0 Å². The fourth-order valence-corrected chi connectivity index (χ4v) is 0.423. The minimum Gasteiger partial charge on any atom is -0.246 e. The molecule has 5 heteroatoms. The van der Waals surface area contributed by atoms with E-state index in [1.54, 1.807) is 6.07 Å². The van der Waals surface area contributed by atoms with Crippen molar-refractivity contribution in [3.05, 3.63) is 5.69 Å². The van der Waals surface area contributed by atoms with E-state index in [0.29, 0.717) is 0 Å². The average Bonchev–Trinajstić information content (AvgIpc) is 2.14. The van der Waals surface area contributed by atoms with E-state index >= 15 is 0 Å². The van der Waals surface area contributed by atoms with Crippen LogP contribution in [0.5, 0.6) is 0 Å². The number of hydrogen-bond donors (Lipinski definition) is 1. The minimum atomic E-state index is 0.229. The Kier molecular flexibility index (Phi) is 1.10. The molecule has 0 atom stereocenters. The molecule has 0 unspecified atom stereocenters. The third kappa shape index (κ3) is 0.611. The van der Waals surface area contributed by atoms with E-state index in [1.807, 2.05) is 0 Å². The van der Waals surface area contributed by atoms with Crippen molar-refractivity contribution in [1.29, 1.82) is 5.26 Å². The van der Waals surface area contributed by atoms with Crippen LogP contribution in [0.3, 0.4) is 0 Å². The Morgan fingerprint density at radius 1 is 1.75 bits per heavy atom. The predicted octanol–water partition coefficient (Wildman–Crippen LogP) is 0.233. The van der Waals surface area contributed by atoms with E-state index < -0.39 is 0 Å². The minimum absolute atomic E-state index is 0.229. The van der Waals surface area contributed by atoms with Gasteiger partial charge in [0, 0.05) is 0 Å². The van der Waals surface area contributed by atoms with Gasteiger partial charge in [0.05, 0.1) is 0 Å². The number of nitrogens with one attached hydrogen (secondary N) is 1. The molecule has 0 spiro atoms. The quantitative estimate of drug-likeness (QED) is 0.539. The van der Waals surface area contributed by atoms with Crippen LogP contribution in [0.15, 0.2) is 5.03 Å². The van der Waals surface area contributed by atoms with Gasteiger partial charge in [0.2, 0.25) is 0 Å². The molecule has 8 heavy (non-hydrogen) atoms. The number of aromatic amines is 1. The zero-order valence-corrected chi connectivity index (χ0v) is 4.57. The molecule has 1 rings (SSSR count). The van der Waals surface area contributed by atoms with Crippen LogP contribution in [-0.4, -0.2) is 15.4 Å². The molecule has 0 aliphatic heterocycles. The van der Waals surface area contributed by atoms with Crippen molar-refractivity contribution in [3.63, 3.8) is 0 Å². The number of aromatic nitrogens is 3. The predicted molar refractivity (Wildman–Crippen MR) is 27.0 cm³/mol. The number of H-pyrrole nitrogens is 1. The summed E-state index contributed by atoms with van der Waals surface area (Å²) in [4.78, 5) is 0. The molecule has 1 aromatic heterocycles. The maximum absolute atomic E-state index is 8.18. The molecule has 0 aromatic carbocycles. The summed E-state index contributed by atoms with van der Waals surface area (Å²) in [5.41, 5.74) is 0.250. The number of rotatable bonds is 0. The van der Waals surface area contributed by atoms with E-state index in [4.69, 9.17) is 5.26 Å². The third-order valence-corrected chi connectivity index (χ3v) is 0.914. The van der Waals surface area contributed by atoms with Crippen LogP contribution in [-0.2, 0) is 0 Å². The van der Waals surface area contributed by atoms with Crippen LogP contribution in [0.1, 0.15) is 5.69 Å². The zero-order valence-electron chi connectivity index (χ0n) is 3.75. The highest BCUT2D eigenvalue weighted by Gasteiger charge is 1.98. The van der Waals surface area contributed by atoms with Crippen LogP contribution >= 0.6 is 12.6 Å². The zero-order chi connectivity index (χ0) is 5.98. The van der Waals surface area contributed by atoms with Gasteiger partial charge in [0.25, 0.3) is 0 Å². The van der Waals surface area contributed by atoms with E-state index in [1.165, 1.54) is 0 Å². The lowest BCUT2D eigenvalue weighted by Gasteiger charge is -1.70. The highest BCUT2D eigenvalue weighted by molar-refractivity contribution is 7.80. The molecule has 0 fully saturated rings. The van der Waals surface area contributed by atoms with E-state index in [9.17, 15) is 0 Å². The van der Waals surface area contributed by atoms with Crippen molar-refractivity contribution in [2.75, 3.05) is 0 Å². The van der Waals surface area contributed by atoms with Crippen molar-refractivity contribution < 1.29 is 0 Å². The number of nitrogens with zero attached hydrogens (tertiary/aromatic N) is 3. The summed E-state index contributed by atoms with van der Waals surface area (Å²) in [6.45, 7) is 0. The van der Waals surface area contributed by atoms with Gasteiger partial charge in [0.1, 0.15) is 6.07 Å². The molecule has 1 aromatic rings. The number of nitriles is 1. The number of hydrogen-bond acceptors (Lipinski definition) is 3. The molecule has 0 amide bonds. The largest absolute Gasteiger partial charge is 0.246 e. The van der Waals surface area contributed by atoms with Gasteiger partial charge in [-0.15, -0.1) is 5.10 Å². The van der Waals surface area contributed by atoms with E-state index in [0.717, 1.165) is 0 Å². The SMILES string of the molecule is N#Cc1[nH]nnc1[S]. The Bertz CT molecular complexity index is 221. The topological polar surface area (TPSA) is 65.4 Å². The van der Waals surface area contributed by atoms with Crippen molar-refractivity contribution >= 4 is 12.6 Å². The Hall–Kier alpha value is -1.15. The van der Waals surface area contributed by atoms with Crippen molar-refractivity contribution in [2.24, 2.45) is 0 Å².